The molecular weight excluding hydrogens is 352 g/mol. The Morgan fingerprint density at radius 3 is 2.46 bits per heavy atom. The van der Waals surface area contributed by atoms with E-state index in [9.17, 15) is 9.59 Å². The van der Waals surface area contributed by atoms with Crippen LogP contribution in [0.3, 0.4) is 0 Å². The fraction of sp³-hybridized carbons (Fsp3) is 0.217. The Morgan fingerprint density at radius 1 is 1.04 bits per heavy atom. The fourth-order valence-corrected chi connectivity index (χ4v) is 3.73. The molecule has 0 spiro atoms. The standard InChI is InChI=1S/C23H22N2O3/c1-3-4-14-24-19-13-9-8-12-17(19)21-18(16-10-6-5-7-11-16)15-20(22(26)28-2)25(21)23(24)27/h5-13,15H,3-4,14H2,1-2H3. The van der Waals surface area contributed by atoms with E-state index in [1.54, 1.807) is 10.6 Å². The molecule has 4 aromatic rings. The summed E-state index contributed by atoms with van der Waals surface area (Å²) in [5, 5.41) is 0.937. The molecule has 2 aromatic carbocycles. The first-order chi connectivity index (χ1) is 13.7. The third kappa shape index (κ3) is 2.80. The van der Waals surface area contributed by atoms with Gasteiger partial charge in [0, 0.05) is 17.5 Å². The molecule has 0 N–H and O–H groups in total. The van der Waals surface area contributed by atoms with Gasteiger partial charge in [-0.05, 0) is 24.1 Å². The quantitative estimate of drug-likeness (QED) is 0.483. The van der Waals surface area contributed by atoms with Crippen molar-refractivity contribution in [3.63, 3.8) is 0 Å². The van der Waals surface area contributed by atoms with E-state index in [0.29, 0.717) is 6.54 Å². The maximum Gasteiger partial charge on any atom is 0.355 e. The number of carbonyl (C=O) groups excluding carboxylic acids is 1. The van der Waals surface area contributed by atoms with E-state index in [0.717, 1.165) is 40.4 Å². The molecule has 2 heterocycles. The highest BCUT2D eigenvalue weighted by atomic mass is 16.5. The lowest BCUT2D eigenvalue weighted by Gasteiger charge is -2.13. The van der Waals surface area contributed by atoms with Gasteiger partial charge in [0.15, 0.2) is 0 Å². The molecular formula is C23H22N2O3. The predicted octanol–water partition coefficient (Wildman–Crippen LogP) is 4.51. The monoisotopic (exact) mass is 374 g/mol. The first-order valence-electron chi connectivity index (χ1n) is 9.48. The molecule has 0 unspecified atom stereocenters. The Morgan fingerprint density at radius 2 is 1.75 bits per heavy atom. The molecule has 142 valence electrons. The summed E-state index contributed by atoms with van der Waals surface area (Å²) < 4.78 is 8.24. The number of rotatable bonds is 5. The van der Waals surface area contributed by atoms with E-state index in [2.05, 4.69) is 6.92 Å². The highest BCUT2D eigenvalue weighted by Gasteiger charge is 2.22. The molecule has 0 radical (unpaired) electrons. The number of hydrogen-bond acceptors (Lipinski definition) is 3. The van der Waals surface area contributed by atoms with Crippen molar-refractivity contribution in [3.8, 4) is 11.1 Å². The highest BCUT2D eigenvalue weighted by Crippen LogP contribution is 2.32. The average molecular weight is 374 g/mol. The number of hydrogen-bond donors (Lipinski definition) is 0. The molecule has 0 aliphatic carbocycles. The number of aromatic nitrogens is 2. The molecule has 0 saturated carbocycles. The molecule has 0 aliphatic heterocycles. The van der Waals surface area contributed by atoms with Crippen LogP contribution in [-0.4, -0.2) is 22.0 Å². The van der Waals surface area contributed by atoms with Gasteiger partial charge in [-0.15, -0.1) is 0 Å². The van der Waals surface area contributed by atoms with Crippen molar-refractivity contribution in [3.05, 3.63) is 76.8 Å². The van der Waals surface area contributed by atoms with Crippen LogP contribution in [0.1, 0.15) is 30.3 Å². The van der Waals surface area contributed by atoms with Gasteiger partial charge in [0.25, 0.3) is 0 Å². The van der Waals surface area contributed by atoms with Crippen LogP contribution in [0, 0.1) is 0 Å². The first-order valence-corrected chi connectivity index (χ1v) is 9.48. The van der Waals surface area contributed by atoms with Gasteiger partial charge in [-0.1, -0.05) is 61.9 Å². The van der Waals surface area contributed by atoms with E-state index in [1.807, 2.05) is 54.6 Å². The summed E-state index contributed by atoms with van der Waals surface area (Å²) in [5.41, 5.74) is 3.44. The summed E-state index contributed by atoms with van der Waals surface area (Å²) in [6.45, 7) is 2.69. The van der Waals surface area contributed by atoms with Gasteiger partial charge in [-0.25, -0.2) is 9.59 Å². The van der Waals surface area contributed by atoms with Crippen LogP contribution in [-0.2, 0) is 11.3 Å². The molecule has 0 fully saturated rings. The molecule has 0 aliphatic rings. The summed E-state index contributed by atoms with van der Waals surface area (Å²) in [6, 6.07) is 19.4. The number of ether oxygens (including phenoxy) is 1. The van der Waals surface area contributed by atoms with Crippen LogP contribution in [0.4, 0.5) is 0 Å². The zero-order valence-electron chi connectivity index (χ0n) is 16.0. The molecule has 2 aromatic heterocycles. The Labute approximate surface area is 162 Å². The molecule has 0 amide bonds. The summed E-state index contributed by atoms with van der Waals surface area (Å²) in [7, 11) is 1.33. The van der Waals surface area contributed by atoms with E-state index in [4.69, 9.17) is 4.74 Å². The third-order valence-corrected chi connectivity index (χ3v) is 5.09. The molecule has 0 atom stereocenters. The van der Waals surface area contributed by atoms with E-state index < -0.39 is 5.97 Å². The van der Waals surface area contributed by atoms with Crippen LogP contribution in [0.2, 0.25) is 0 Å². The normalized spacial score (nSPS) is 11.2. The van der Waals surface area contributed by atoms with Crippen LogP contribution >= 0.6 is 0 Å². The lowest BCUT2D eigenvalue weighted by Crippen LogP contribution is -2.29. The number of fused-ring (bicyclic) bond motifs is 3. The highest BCUT2D eigenvalue weighted by molar-refractivity contribution is 6.05. The third-order valence-electron chi connectivity index (χ3n) is 5.09. The molecule has 5 heteroatoms. The van der Waals surface area contributed by atoms with Crippen molar-refractivity contribution in [1.29, 1.82) is 0 Å². The summed E-state index contributed by atoms with van der Waals surface area (Å²) in [4.78, 5) is 25.9. The zero-order chi connectivity index (χ0) is 19.7. The van der Waals surface area contributed by atoms with Crippen molar-refractivity contribution < 1.29 is 9.53 Å². The number of methoxy groups -OCH3 is 1. The van der Waals surface area contributed by atoms with Crippen molar-refractivity contribution in [2.24, 2.45) is 0 Å². The number of carbonyl (C=O) groups is 1. The summed E-state index contributed by atoms with van der Waals surface area (Å²) >= 11 is 0. The second-order valence-corrected chi connectivity index (χ2v) is 6.79. The topological polar surface area (TPSA) is 52.7 Å². The van der Waals surface area contributed by atoms with Gasteiger partial charge in [0.1, 0.15) is 5.69 Å². The van der Waals surface area contributed by atoms with Gasteiger partial charge in [-0.3, -0.25) is 8.97 Å². The van der Waals surface area contributed by atoms with Gasteiger partial charge in [0.2, 0.25) is 0 Å². The van der Waals surface area contributed by atoms with Crippen molar-refractivity contribution in [1.82, 2.24) is 8.97 Å². The van der Waals surface area contributed by atoms with Crippen LogP contribution < -0.4 is 5.69 Å². The van der Waals surface area contributed by atoms with Crippen LogP contribution in [0.5, 0.6) is 0 Å². The Hall–Kier alpha value is -3.34. The average Bonchev–Trinajstić information content (AvgIpc) is 3.15. The largest absolute Gasteiger partial charge is 0.464 e. The first kappa shape index (κ1) is 18.0. The minimum Gasteiger partial charge on any atom is -0.464 e. The Bertz CT molecular complexity index is 1220. The number of aryl methyl sites for hydroxylation is 1. The van der Waals surface area contributed by atoms with E-state index >= 15 is 0 Å². The lowest BCUT2D eigenvalue weighted by molar-refractivity contribution is 0.0592. The van der Waals surface area contributed by atoms with Crippen molar-refractivity contribution in [2.75, 3.05) is 7.11 Å². The van der Waals surface area contributed by atoms with Gasteiger partial charge < -0.3 is 4.74 Å². The number of esters is 1. The SMILES string of the molecule is CCCCn1c(=O)n2c(C(=O)OC)cc(-c3ccccc3)c2c2ccccc21. The van der Waals surface area contributed by atoms with E-state index in [-0.39, 0.29) is 11.4 Å². The van der Waals surface area contributed by atoms with Crippen molar-refractivity contribution >= 4 is 22.4 Å². The molecule has 0 saturated heterocycles. The summed E-state index contributed by atoms with van der Waals surface area (Å²) in [5.74, 6) is -0.522. The van der Waals surface area contributed by atoms with Gasteiger partial charge in [0.05, 0.1) is 18.1 Å². The smallest absolute Gasteiger partial charge is 0.355 e. The molecule has 4 rings (SSSR count). The second-order valence-electron chi connectivity index (χ2n) is 6.79. The zero-order valence-corrected chi connectivity index (χ0v) is 16.0. The molecule has 28 heavy (non-hydrogen) atoms. The predicted molar refractivity (Wildman–Crippen MR) is 111 cm³/mol. The fourth-order valence-electron chi connectivity index (χ4n) is 3.73. The van der Waals surface area contributed by atoms with E-state index in [1.165, 1.54) is 11.5 Å². The lowest BCUT2D eigenvalue weighted by atomic mass is 10.0. The molecule has 5 nitrogen and oxygen atoms in total. The minimum absolute atomic E-state index is 0.218. The second kappa shape index (κ2) is 7.35. The Kier molecular flexibility index (Phi) is 4.74. The van der Waals surface area contributed by atoms with Gasteiger partial charge >= 0.3 is 11.7 Å². The molecule has 0 bridgehead atoms. The summed E-state index contributed by atoms with van der Waals surface area (Å²) in [6.07, 6.45) is 1.86. The number of benzene rings is 2. The number of nitrogens with zero attached hydrogens (tertiary/aromatic N) is 2. The van der Waals surface area contributed by atoms with Crippen molar-refractivity contribution in [2.45, 2.75) is 26.3 Å². The van der Waals surface area contributed by atoms with Gasteiger partial charge in [-0.2, -0.15) is 0 Å². The van der Waals surface area contributed by atoms with Crippen LogP contribution in [0.15, 0.2) is 65.5 Å². The minimum atomic E-state index is -0.522. The Balaban J connectivity index is 2.19. The van der Waals surface area contributed by atoms with Crippen LogP contribution in [0.25, 0.3) is 27.5 Å². The maximum atomic E-state index is 13.5. The maximum absolute atomic E-state index is 13.5. The number of para-hydroxylation sites is 1. The number of unbranched alkanes of at least 4 members (excludes halogenated alkanes) is 1.